The van der Waals surface area contributed by atoms with Crippen LogP contribution in [0.25, 0.3) is 0 Å². The highest BCUT2D eigenvalue weighted by Crippen LogP contribution is 2.11. The smallest absolute Gasteiger partial charge is 0.273 e. The monoisotopic (exact) mass is 288 g/mol. The molecular weight excluding hydrogens is 276 g/mol. The first kappa shape index (κ1) is 14.2. The quantitative estimate of drug-likeness (QED) is 0.671. The van der Waals surface area contributed by atoms with Gasteiger partial charge in [0.1, 0.15) is 0 Å². The van der Waals surface area contributed by atoms with Gasteiger partial charge in [0, 0.05) is 5.02 Å². The lowest BCUT2D eigenvalue weighted by molar-refractivity contribution is -0.129. The Morgan fingerprint density at radius 2 is 1.80 bits per heavy atom. The second-order valence-electron chi connectivity index (χ2n) is 4.10. The van der Waals surface area contributed by atoms with Crippen LogP contribution in [-0.4, -0.2) is 17.2 Å². The lowest BCUT2D eigenvalue weighted by Gasteiger charge is -2.08. The van der Waals surface area contributed by atoms with Crippen LogP contribution in [0.2, 0.25) is 5.02 Å². The van der Waals surface area contributed by atoms with Crippen LogP contribution in [0.1, 0.15) is 17.2 Å². The van der Waals surface area contributed by atoms with E-state index in [1.165, 1.54) is 6.21 Å². The third kappa shape index (κ3) is 3.91. The Balaban J connectivity index is 1.93. The van der Waals surface area contributed by atoms with E-state index >= 15 is 0 Å². The predicted octanol–water partition coefficient (Wildman–Crippen LogP) is 2.52. The fraction of sp³-hybridized carbons (Fsp3) is 0.0667. The topological polar surface area (TPSA) is 61.7 Å². The number of aliphatic hydroxyl groups is 1. The Hall–Kier alpha value is -2.17. The van der Waals surface area contributed by atoms with Crippen LogP contribution in [0.15, 0.2) is 59.7 Å². The highest BCUT2D eigenvalue weighted by Gasteiger charge is 2.15. The van der Waals surface area contributed by atoms with Crippen molar-refractivity contribution in [3.8, 4) is 0 Å². The number of carbonyl (C=O) groups excluding carboxylic acids is 1. The Morgan fingerprint density at radius 1 is 1.15 bits per heavy atom. The summed E-state index contributed by atoms with van der Waals surface area (Å²) in [5.74, 6) is -0.582. The Kier molecular flexibility index (Phi) is 4.87. The summed E-state index contributed by atoms with van der Waals surface area (Å²) in [6.07, 6.45) is 0.241. The van der Waals surface area contributed by atoms with Gasteiger partial charge in [0.2, 0.25) is 0 Å². The molecule has 2 aromatic rings. The number of hydrazone groups is 1. The van der Waals surface area contributed by atoms with Gasteiger partial charge in [-0.2, -0.15) is 5.10 Å². The molecule has 0 radical (unpaired) electrons. The third-order valence-electron chi connectivity index (χ3n) is 2.62. The number of aliphatic hydroxyl groups excluding tert-OH is 1. The van der Waals surface area contributed by atoms with Crippen molar-refractivity contribution in [2.24, 2.45) is 5.10 Å². The van der Waals surface area contributed by atoms with E-state index in [1.54, 1.807) is 48.5 Å². The average Bonchev–Trinajstić information content (AvgIpc) is 2.49. The van der Waals surface area contributed by atoms with Crippen LogP contribution in [-0.2, 0) is 4.79 Å². The maximum Gasteiger partial charge on any atom is 0.273 e. The molecule has 0 aliphatic rings. The molecule has 0 unspecified atom stereocenters. The van der Waals surface area contributed by atoms with Crippen LogP contribution in [0.4, 0.5) is 0 Å². The number of nitrogens with zero attached hydrogens (tertiary/aromatic N) is 1. The molecule has 0 aliphatic heterocycles. The van der Waals surface area contributed by atoms with Gasteiger partial charge in [-0.25, -0.2) is 5.43 Å². The molecule has 0 bridgehead atoms. The van der Waals surface area contributed by atoms with Crippen molar-refractivity contribution in [2.45, 2.75) is 6.10 Å². The highest BCUT2D eigenvalue weighted by atomic mass is 35.5. The zero-order valence-electron chi connectivity index (χ0n) is 10.5. The molecule has 4 nitrogen and oxygen atoms in total. The number of halogens is 1. The zero-order chi connectivity index (χ0) is 14.4. The summed E-state index contributed by atoms with van der Waals surface area (Å²) in [6, 6.07) is 15.7. The molecule has 0 fully saturated rings. The Bertz CT molecular complexity index is 597. The highest BCUT2D eigenvalue weighted by molar-refractivity contribution is 6.30. The third-order valence-corrected chi connectivity index (χ3v) is 2.87. The molecule has 2 aromatic carbocycles. The number of carbonyl (C=O) groups is 1. The van der Waals surface area contributed by atoms with E-state index < -0.39 is 12.0 Å². The molecule has 0 spiro atoms. The van der Waals surface area contributed by atoms with Gasteiger partial charge in [0.05, 0.1) is 6.21 Å². The van der Waals surface area contributed by atoms with E-state index in [0.717, 1.165) is 5.56 Å². The second-order valence-corrected chi connectivity index (χ2v) is 4.54. The van der Waals surface area contributed by atoms with E-state index in [1.807, 2.05) is 6.07 Å². The molecule has 0 saturated carbocycles. The minimum Gasteiger partial charge on any atom is -0.378 e. The van der Waals surface area contributed by atoms with Gasteiger partial charge in [-0.15, -0.1) is 0 Å². The van der Waals surface area contributed by atoms with Crippen molar-refractivity contribution in [1.29, 1.82) is 0 Å². The van der Waals surface area contributed by atoms with Crippen LogP contribution in [0.3, 0.4) is 0 Å². The molecule has 0 heterocycles. The van der Waals surface area contributed by atoms with Gasteiger partial charge in [-0.05, 0) is 23.3 Å². The molecule has 5 heteroatoms. The summed E-state index contributed by atoms with van der Waals surface area (Å²) in [4.78, 5) is 11.7. The van der Waals surface area contributed by atoms with Crippen LogP contribution in [0, 0.1) is 0 Å². The largest absolute Gasteiger partial charge is 0.378 e. The first-order valence-corrected chi connectivity index (χ1v) is 6.36. The minimum atomic E-state index is -1.24. The van der Waals surface area contributed by atoms with Gasteiger partial charge in [-0.1, -0.05) is 54.1 Å². The van der Waals surface area contributed by atoms with Gasteiger partial charge in [0.15, 0.2) is 6.10 Å². The zero-order valence-corrected chi connectivity index (χ0v) is 11.3. The van der Waals surface area contributed by atoms with Crippen molar-refractivity contribution in [2.75, 3.05) is 0 Å². The van der Waals surface area contributed by atoms with Crippen LogP contribution < -0.4 is 5.43 Å². The van der Waals surface area contributed by atoms with Gasteiger partial charge in [0.25, 0.3) is 5.91 Å². The van der Waals surface area contributed by atoms with E-state index in [-0.39, 0.29) is 0 Å². The Morgan fingerprint density at radius 3 is 2.45 bits per heavy atom. The summed E-state index contributed by atoms with van der Waals surface area (Å²) < 4.78 is 0. The number of amides is 1. The summed E-state index contributed by atoms with van der Waals surface area (Å²) in [7, 11) is 0. The van der Waals surface area contributed by atoms with Gasteiger partial charge < -0.3 is 5.11 Å². The van der Waals surface area contributed by atoms with E-state index in [4.69, 9.17) is 11.6 Å². The molecule has 1 atom stereocenters. The maximum absolute atomic E-state index is 11.7. The minimum absolute atomic E-state index is 0.520. The second kappa shape index (κ2) is 6.84. The standard InChI is InChI=1S/C15H13ClN2O2/c16-13-8-6-11(7-9-13)10-17-18-15(20)14(19)12-4-2-1-3-5-12/h1-10,14,19H,(H,18,20)/b17-10-/t14-/m0/s1. The summed E-state index contributed by atoms with van der Waals surface area (Å²) in [5.41, 5.74) is 3.61. The number of hydrogen-bond donors (Lipinski definition) is 2. The fourth-order valence-electron chi connectivity index (χ4n) is 1.57. The molecule has 0 aromatic heterocycles. The molecule has 2 rings (SSSR count). The summed E-state index contributed by atoms with van der Waals surface area (Å²) >= 11 is 5.76. The summed E-state index contributed by atoms with van der Waals surface area (Å²) in [6.45, 7) is 0. The normalized spacial score (nSPS) is 12.3. The molecule has 0 aliphatic carbocycles. The van der Waals surface area contributed by atoms with Crippen molar-refractivity contribution in [3.63, 3.8) is 0 Å². The fourth-order valence-corrected chi connectivity index (χ4v) is 1.69. The van der Waals surface area contributed by atoms with Crippen molar-refractivity contribution in [3.05, 3.63) is 70.7 Å². The molecule has 102 valence electrons. The molecule has 1 amide bonds. The van der Waals surface area contributed by atoms with E-state index in [9.17, 15) is 9.90 Å². The molecular formula is C15H13ClN2O2. The lowest BCUT2D eigenvalue weighted by Crippen LogP contribution is -2.25. The predicted molar refractivity (Wildman–Crippen MR) is 78.6 cm³/mol. The Labute approximate surface area is 121 Å². The van der Waals surface area contributed by atoms with Crippen LogP contribution in [0.5, 0.6) is 0 Å². The molecule has 20 heavy (non-hydrogen) atoms. The lowest BCUT2D eigenvalue weighted by atomic mass is 10.1. The SMILES string of the molecule is O=C(N/N=C\c1ccc(Cl)cc1)[C@@H](O)c1ccccc1. The molecule has 0 saturated heterocycles. The van der Waals surface area contributed by atoms with Crippen molar-refractivity contribution >= 4 is 23.7 Å². The van der Waals surface area contributed by atoms with E-state index in [0.29, 0.717) is 10.6 Å². The number of rotatable bonds is 4. The van der Waals surface area contributed by atoms with Crippen LogP contribution >= 0.6 is 11.6 Å². The van der Waals surface area contributed by atoms with Gasteiger partial charge >= 0.3 is 0 Å². The molecule has 2 N–H and O–H groups in total. The van der Waals surface area contributed by atoms with Gasteiger partial charge in [-0.3, -0.25) is 4.79 Å². The number of benzene rings is 2. The van der Waals surface area contributed by atoms with Crippen molar-refractivity contribution in [1.82, 2.24) is 5.43 Å². The number of nitrogens with one attached hydrogen (secondary N) is 1. The van der Waals surface area contributed by atoms with E-state index in [2.05, 4.69) is 10.5 Å². The van der Waals surface area contributed by atoms with Crippen molar-refractivity contribution < 1.29 is 9.90 Å². The summed E-state index contributed by atoms with van der Waals surface area (Å²) in [5, 5.41) is 14.2. The first-order chi connectivity index (χ1) is 9.66. The maximum atomic E-state index is 11.7. The number of hydrogen-bond acceptors (Lipinski definition) is 3. The first-order valence-electron chi connectivity index (χ1n) is 5.98. The average molecular weight is 289 g/mol.